The Morgan fingerprint density at radius 2 is 1.69 bits per heavy atom. The first kappa shape index (κ1) is 21.1. The molecule has 0 spiro atoms. The molecule has 2 N–H and O–H groups in total. The van der Waals surface area contributed by atoms with Crippen LogP contribution in [0.3, 0.4) is 0 Å². The fraction of sp³-hybridized carbons (Fsp3) is 0.292. The Labute approximate surface area is 177 Å². The zero-order chi connectivity index (χ0) is 20.6. The van der Waals surface area contributed by atoms with Crippen molar-refractivity contribution in [2.75, 3.05) is 25.5 Å². The van der Waals surface area contributed by atoms with E-state index in [1.165, 1.54) is 16.0 Å². The summed E-state index contributed by atoms with van der Waals surface area (Å²) in [6.07, 6.45) is 1.02. The van der Waals surface area contributed by atoms with Crippen LogP contribution in [0.25, 0.3) is 0 Å². The van der Waals surface area contributed by atoms with Gasteiger partial charge in [-0.15, -0.1) is 11.3 Å². The summed E-state index contributed by atoms with van der Waals surface area (Å²) in [6.45, 7) is 2.96. The molecule has 152 valence electrons. The average molecular weight is 408 g/mol. The molecule has 1 heterocycles. The van der Waals surface area contributed by atoms with E-state index in [0.717, 1.165) is 17.7 Å². The Morgan fingerprint density at radius 1 is 1.00 bits per heavy atom. The van der Waals surface area contributed by atoms with Crippen LogP contribution in [0.1, 0.15) is 34.5 Å². The molecule has 0 aliphatic heterocycles. The van der Waals surface area contributed by atoms with Gasteiger partial charge in [0.1, 0.15) is 0 Å². The van der Waals surface area contributed by atoms with Gasteiger partial charge in [0.15, 0.2) is 0 Å². The van der Waals surface area contributed by atoms with E-state index in [0.29, 0.717) is 6.54 Å². The smallest absolute Gasteiger partial charge is 0.234 e. The highest BCUT2D eigenvalue weighted by Gasteiger charge is 2.16. The summed E-state index contributed by atoms with van der Waals surface area (Å²) in [5.74, 6) is -0.00609. The highest BCUT2D eigenvalue weighted by Crippen LogP contribution is 2.26. The zero-order valence-corrected chi connectivity index (χ0v) is 18.1. The third-order valence-corrected chi connectivity index (χ3v) is 5.90. The van der Waals surface area contributed by atoms with Gasteiger partial charge < -0.3 is 10.2 Å². The van der Waals surface area contributed by atoms with E-state index in [9.17, 15) is 4.79 Å². The van der Waals surface area contributed by atoms with Gasteiger partial charge in [0.2, 0.25) is 5.91 Å². The largest absolute Gasteiger partial charge is 0.378 e. The second kappa shape index (κ2) is 10.2. The number of rotatable bonds is 9. The van der Waals surface area contributed by atoms with Crippen LogP contribution in [-0.2, 0) is 17.8 Å². The van der Waals surface area contributed by atoms with E-state index < -0.39 is 0 Å². The fourth-order valence-electron chi connectivity index (χ4n) is 3.15. The SMILES string of the molecule is CCc1ccc([C@@H](NCC(=O)NCc2ccc(N(C)C)cc2)c2cccs2)cc1. The number of aryl methyl sites for hydroxylation is 1. The Bertz CT molecular complexity index is 887. The maximum Gasteiger partial charge on any atom is 0.234 e. The van der Waals surface area contributed by atoms with Crippen LogP contribution in [0, 0.1) is 0 Å². The van der Waals surface area contributed by atoms with Gasteiger partial charge in [0.25, 0.3) is 0 Å². The second-order valence-electron chi connectivity index (χ2n) is 7.26. The molecule has 0 aliphatic rings. The number of nitrogens with zero attached hydrogens (tertiary/aromatic N) is 1. The molecule has 1 atom stereocenters. The predicted molar refractivity (Wildman–Crippen MR) is 123 cm³/mol. The summed E-state index contributed by atoms with van der Waals surface area (Å²) < 4.78 is 0. The van der Waals surface area contributed by atoms with Crippen molar-refractivity contribution in [2.24, 2.45) is 0 Å². The maximum absolute atomic E-state index is 12.4. The lowest BCUT2D eigenvalue weighted by molar-refractivity contribution is -0.120. The first-order chi connectivity index (χ1) is 14.1. The lowest BCUT2D eigenvalue weighted by Crippen LogP contribution is -2.35. The average Bonchev–Trinajstić information content (AvgIpc) is 3.27. The van der Waals surface area contributed by atoms with Crippen molar-refractivity contribution in [3.8, 4) is 0 Å². The highest BCUT2D eigenvalue weighted by molar-refractivity contribution is 7.10. The summed E-state index contributed by atoms with van der Waals surface area (Å²) in [5, 5.41) is 8.51. The maximum atomic E-state index is 12.4. The number of benzene rings is 2. The molecule has 4 nitrogen and oxygen atoms in total. The van der Waals surface area contributed by atoms with Crippen molar-refractivity contribution >= 4 is 22.9 Å². The Balaban J connectivity index is 1.58. The Morgan fingerprint density at radius 3 is 2.28 bits per heavy atom. The number of amides is 1. The second-order valence-corrected chi connectivity index (χ2v) is 8.24. The lowest BCUT2D eigenvalue weighted by Gasteiger charge is -2.18. The van der Waals surface area contributed by atoms with Crippen LogP contribution in [0.4, 0.5) is 5.69 Å². The molecule has 29 heavy (non-hydrogen) atoms. The molecule has 0 unspecified atom stereocenters. The molecular formula is C24H29N3OS. The van der Waals surface area contributed by atoms with Crippen LogP contribution in [0.5, 0.6) is 0 Å². The van der Waals surface area contributed by atoms with Gasteiger partial charge in [-0.1, -0.05) is 49.4 Å². The Hall–Kier alpha value is -2.63. The number of anilines is 1. The van der Waals surface area contributed by atoms with E-state index in [2.05, 4.69) is 70.3 Å². The number of hydrogen-bond acceptors (Lipinski definition) is 4. The monoisotopic (exact) mass is 407 g/mol. The van der Waals surface area contributed by atoms with E-state index >= 15 is 0 Å². The highest BCUT2D eigenvalue weighted by atomic mass is 32.1. The molecule has 1 aromatic heterocycles. The summed E-state index contributed by atoms with van der Waals surface area (Å²) in [4.78, 5) is 15.7. The van der Waals surface area contributed by atoms with Gasteiger partial charge in [-0.3, -0.25) is 10.1 Å². The molecule has 0 radical (unpaired) electrons. The van der Waals surface area contributed by atoms with Gasteiger partial charge in [-0.25, -0.2) is 0 Å². The van der Waals surface area contributed by atoms with E-state index in [-0.39, 0.29) is 18.5 Å². The summed E-state index contributed by atoms with van der Waals surface area (Å²) in [5.41, 5.74) is 4.73. The van der Waals surface area contributed by atoms with E-state index in [4.69, 9.17) is 0 Å². The normalized spacial score (nSPS) is 11.8. The van der Waals surface area contributed by atoms with Crippen LogP contribution < -0.4 is 15.5 Å². The molecule has 3 aromatic rings. The summed E-state index contributed by atoms with van der Waals surface area (Å²) in [7, 11) is 4.03. The molecule has 0 saturated heterocycles. The van der Waals surface area contributed by atoms with E-state index in [1.54, 1.807) is 11.3 Å². The number of hydrogen-bond donors (Lipinski definition) is 2. The van der Waals surface area contributed by atoms with Crippen LogP contribution in [0.15, 0.2) is 66.0 Å². The van der Waals surface area contributed by atoms with Gasteiger partial charge in [0, 0.05) is 31.2 Å². The van der Waals surface area contributed by atoms with Crippen LogP contribution >= 0.6 is 11.3 Å². The van der Waals surface area contributed by atoms with Gasteiger partial charge in [-0.05, 0) is 46.7 Å². The first-order valence-corrected chi connectivity index (χ1v) is 10.8. The topological polar surface area (TPSA) is 44.4 Å². The molecule has 5 heteroatoms. The first-order valence-electron chi connectivity index (χ1n) is 9.95. The standard InChI is InChI=1S/C24H29N3OS/c1-4-18-7-11-20(12-8-18)24(22-6-5-15-29-22)26-17-23(28)25-16-19-9-13-21(14-10-19)27(2)3/h5-15,24,26H,4,16-17H2,1-3H3,(H,25,28)/t24-/m1/s1. The Kier molecular flexibility index (Phi) is 7.44. The molecule has 0 aliphatic carbocycles. The molecule has 0 saturated carbocycles. The van der Waals surface area contributed by atoms with Crippen molar-refractivity contribution < 1.29 is 4.79 Å². The summed E-state index contributed by atoms with van der Waals surface area (Å²) in [6, 6.07) is 21.0. The fourth-order valence-corrected chi connectivity index (χ4v) is 3.98. The van der Waals surface area contributed by atoms with Crippen LogP contribution in [0.2, 0.25) is 0 Å². The molecule has 3 rings (SSSR count). The number of carbonyl (C=O) groups excluding carboxylic acids is 1. The van der Waals surface area contributed by atoms with Crippen molar-refractivity contribution in [1.29, 1.82) is 0 Å². The van der Waals surface area contributed by atoms with Crippen molar-refractivity contribution in [3.63, 3.8) is 0 Å². The quantitative estimate of drug-likeness (QED) is 0.554. The molecule has 0 fully saturated rings. The zero-order valence-electron chi connectivity index (χ0n) is 17.3. The number of carbonyl (C=O) groups is 1. The molecule has 0 bridgehead atoms. The van der Waals surface area contributed by atoms with Gasteiger partial charge in [-0.2, -0.15) is 0 Å². The van der Waals surface area contributed by atoms with E-state index in [1.807, 2.05) is 32.3 Å². The molecular weight excluding hydrogens is 378 g/mol. The lowest BCUT2D eigenvalue weighted by atomic mass is 10.0. The molecule has 1 amide bonds. The minimum absolute atomic E-state index is 0.00609. The van der Waals surface area contributed by atoms with Crippen LogP contribution in [-0.4, -0.2) is 26.5 Å². The van der Waals surface area contributed by atoms with Crippen molar-refractivity contribution in [2.45, 2.75) is 25.9 Å². The third-order valence-electron chi connectivity index (χ3n) is 4.96. The van der Waals surface area contributed by atoms with Gasteiger partial charge >= 0.3 is 0 Å². The number of nitrogens with one attached hydrogen (secondary N) is 2. The summed E-state index contributed by atoms with van der Waals surface area (Å²) >= 11 is 1.70. The molecule has 2 aromatic carbocycles. The van der Waals surface area contributed by atoms with Gasteiger partial charge in [0.05, 0.1) is 12.6 Å². The number of thiophene rings is 1. The predicted octanol–water partition coefficient (Wildman–Crippen LogP) is 4.37. The van der Waals surface area contributed by atoms with Crippen molar-refractivity contribution in [3.05, 3.63) is 87.6 Å². The van der Waals surface area contributed by atoms with Crippen molar-refractivity contribution in [1.82, 2.24) is 10.6 Å². The minimum Gasteiger partial charge on any atom is -0.378 e. The minimum atomic E-state index is -0.00609. The third kappa shape index (κ3) is 5.92.